The molecule has 0 aliphatic rings. The highest BCUT2D eigenvalue weighted by Gasteiger charge is 2.33. The van der Waals surface area contributed by atoms with Gasteiger partial charge in [-0.15, -0.1) is 0 Å². The average molecular weight is 423 g/mol. The van der Waals surface area contributed by atoms with Crippen LogP contribution in [0.1, 0.15) is 23.1 Å². The lowest BCUT2D eigenvalue weighted by Gasteiger charge is -2.29. The minimum Gasteiger partial charge on any atom is -0.380 e. The summed E-state index contributed by atoms with van der Waals surface area (Å²) in [6.07, 6.45) is 0.134. The van der Waals surface area contributed by atoms with E-state index in [2.05, 4.69) is 0 Å². The molecule has 0 spiro atoms. The van der Waals surface area contributed by atoms with E-state index >= 15 is 0 Å². The van der Waals surface area contributed by atoms with E-state index in [1.165, 1.54) is 54.6 Å². The van der Waals surface area contributed by atoms with Gasteiger partial charge in [0.25, 0.3) is 17.1 Å². The summed E-state index contributed by atoms with van der Waals surface area (Å²) in [5.74, 6) is 0. The summed E-state index contributed by atoms with van der Waals surface area (Å²) in [6.45, 7) is 0. The number of aliphatic hydroxyl groups is 1. The van der Waals surface area contributed by atoms with Crippen LogP contribution < -0.4 is 0 Å². The molecule has 0 aromatic heterocycles. The second-order valence-electron chi connectivity index (χ2n) is 6.85. The van der Waals surface area contributed by atoms with Crippen LogP contribution >= 0.6 is 0 Å². The number of non-ortho nitro benzene ring substituents is 2. The van der Waals surface area contributed by atoms with Crippen LogP contribution in [-0.4, -0.2) is 19.9 Å². The third-order valence-corrected chi connectivity index (χ3v) is 5.06. The first-order valence-electron chi connectivity index (χ1n) is 9.17. The number of rotatable bonds is 8. The molecule has 0 bridgehead atoms. The Bertz CT molecular complexity index is 1070. The number of hydrogen-bond acceptors (Lipinski definition) is 7. The molecule has 0 fully saturated rings. The molecule has 0 unspecified atom stereocenters. The second-order valence-corrected chi connectivity index (χ2v) is 6.85. The van der Waals surface area contributed by atoms with Gasteiger partial charge in [0.05, 0.1) is 14.8 Å². The zero-order chi connectivity index (χ0) is 22.6. The van der Waals surface area contributed by atoms with Crippen LogP contribution in [0.3, 0.4) is 0 Å². The molecule has 0 radical (unpaired) electrons. The van der Waals surface area contributed by atoms with E-state index in [1.807, 2.05) is 0 Å². The van der Waals surface area contributed by atoms with E-state index in [9.17, 15) is 35.4 Å². The van der Waals surface area contributed by atoms with Crippen molar-refractivity contribution in [3.8, 4) is 0 Å². The Labute approximate surface area is 175 Å². The highest BCUT2D eigenvalue weighted by molar-refractivity contribution is 5.45. The van der Waals surface area contributed by atoms with Gasteiger partial charge in [-0.05, 0) is 48.2 Å². The van der Waals surface area contributed by atoms with Crippen molar-refractivity contribution in [3.63, 3.8) is 0 Å². The number of para-hydroxylation sites is 1. The van der Waals surface area contributed by atoms with Crippen molar-refractivity contribution in [3.05, 3.63) is 120 Å². The van der Waals surface area contributed by atoms with Gasteiger partial charge in [-0.25, -0.2) is 0 Å². The second kappa shape index (κ2) is 8.67. The molecular formula is C21H17N3O7. The van der Waals surface area contributed by atoms with E-state index in [0.717, 1.165) is 0 Å². The molecule has 0 aliphatic carbocycles. The standard InChI is InChI=1S/C21H17N3O7/c25-21(16-5-9-18(10-6-16)22(26)27,17-7-11-19(12-8-17)23(28)29)14-13-15-3-1-2-4-20(15)24(30)31/h1-12,25H,13-14H2. The van der Waals surface area contributed by atoms with Crippen molar-refractivity contribution in [2.45, 2.75) is 18.4 Å². The van der Waals surface area contributed by atoms with Gasteiger partial charge < -0.3 is 5.11 Å². The Morgan fingerprint density at radius 2 is 1.13 bits per heavy atom. The maximum absolute atomic E-state index is 11.6. The van der Waals surface area contributed by atoms with Crippen molar-refractivity contribution < 1.29 is 19.9 Å². The molecule has 10 nitrogen and oxygen atoms in total. The quantitative estimate of drug-likeness (QED) is 0.419. The first kappa shape index (κ1) is 21.5. The lowest BCUT2D eigenvalue weighted by molar-refractivity contribution is -0.385. The molecule has 3 rings (SSSR count). The van der Waals surface area contributed by atoms with Crippen molar-refractivity contribution in [2.75, 3.05) is 0 Å². The van der Waals surface area contributed by atoms with Crippen LogP contribution in [0, 0.1) is 30.3 Å². The van der Waals surface area contributed by atoms with E-state index < -0.39 is 20.4 Å². The fraction of sp³-hybridized carbons (Fsp3) is 0.143. The summed E-state index contributed by atoms with van der Waals surface area (Å²) in [7, 11) is 0. The molecule has 31 heavy (non-hydrogen) atoms. The number of nitro benzene ring substituents is 3. The number of nitrogens with zero attached hydrogens (tertiary/aromatic N) is 3. The van der Waals surface area contributed by atoms with Gasteiger partial charge >= 0.3 is 0 Å². The summed E-state index contributed by atoms with van der Waals surface area (Å²) >= 11 is 0. The summed E-state index contributed by atoms with van der Waals surface area (Å²) in [5, 5.41) is 44.8. The maximum atomic E-state index is 11.6. The van der Waals surface area contributed by atoms with Crippen molar-refractivity contribution in [1.82, 2.24) is 0 Å². The molecule has 3 aromatic rings. The Kier molecular flexibility index (Phi) is 6.02. The first-order valence-corrected chi connectivity index (χ1v) is 9.17. The summed E-state index contributed by atoms with van der Waals surface area (Å²) in [5.41, 5.74) is -1.03. The lowest BCUT2D eigenvalue weighted by Crippen LogP contribution is -2.28. The fourth-order valence-electron chi connectivity index (χ4n) is 3.39. The van der Waals surface area contributed by atoms with Crippen LogP contribution in [-0.2, 0) is 12.0 Å². The monoisotopic (exact) mass is 423 g/mol. The molecule has 0 saturated carbocycles. The number of hydrogen-bond donors (Lipinski definition) is 1. The van der Waals surface area contributed by atoms with Gasteiger partial charge in [0.1, 0.15) is 5.60 Å². The fourth-order valence-corrected chi connectivity index (χ4v) is 3.39. The van der Waals surface area contributed by atoms with Crippen molar-refractivity contribution in [1.29, 1.82) is 0 Å². The van der Waals surface area contributed by atoms with Gasteiger partial charge in [0, 0.05) is 35.9 Å². The van der Waals surface area contributed by atoms with Gasteiger partial charge in [0.15, 0.2) is 0 Å². The summed E-state index contributed by atoms with van der Waals surface area (Å²) < 4.78 is 0. The third-order valence-electron chi connectivity index (χ3n) is 5.06. The van der Waals surface area contributed by atoms with Gasteiger partial charge in [-0.1, -0.05) is 18.2 Å². The summed E-state index contributed by atoms with van der Waals surface area (Å²) in [4.78, 5) is 31.6. The van der Waals surface area contributed by atoms with Crippen LogP contribution in [0.15, 0.2) is 72.8 Å². The first-order chi connectivity index (χ1) is 14.7. The molecule has 3 aromatic carbocycles. The number of aryl methyl sites for hydroxylation is 1. The Balaban J connectivity index is 2.02. The number of benzene rings is 3. The zero-order valence-corrected chi connectivity index (χ0v) is 16.1. The zero-order valence-electron chi connectivity index (χ0n) is 16.1. The lowest BCUT2D eigenvalue weighted by atomic mass is 9.81. The van der Waals surface area contributed by atoms with Crippen molar-refractivity contribution >= 4 is 17.1 Å². The molecule has 0 amide bonds. The Morgan fingerprint density at radius 1 is 0.677 bits per heavy atom. The minimum atomic E-state index is -1.69. The maximum Gasteiger partial charge on any atom is 0.272 e. The minimum absolute atomic E-state index is 0.00742. The molecule has 158 valence electrons. The topological polar surface area (TPSA) is 150 Å². The third kappa shape index (κ3) is 4.54. The highest BCUT2D eigenvalue weighted by Crippen LogP contribution is 2.36. The normalized spacial score (nSPS) is 11.1. The predicted octanol–water partition coefficient (Wildman–Crippen LogP) is 4.28. The average Bonchev–Trinajstić information content (AvgIpc) is 2.77. The molecular weight excluding hydrogens is 406 g/mol. The molecule has 0 heterocycles. The van der Waals surface area contributed by atoms with Crippen molar-refractivity contribution in [2.24, 2.45) is 0 Å². The van der Waals surface area contributed by atoms with Crippen LogP contribution in [0.4, 0.5) is 17.1 Å². The highest BCUT2D eigenvalue weighted by atomic mass is 16.6. The van der Waals surface area contributed by atoms with E-state index in [4.69, 9.17) is 0 Å². The molecule has 0 atom stereocenters. The van der Waals surface area contributed by atoms with Crippen LogP contribution in [0.2, 0.25) is 0 Å². The summed E-state index contributed by atoms with van der Waals surface area (Å²) in [6, 6.07) is 16.7. The van der Waals surface area contributed by atoms with E-state index in [-0.39, 0.29) is 29.9 Å². The van der Waals surface area contributed by atoms with E-state index in [0.29, 0.717) is 16.7 Å². The smallest absolute Gasteiger partial charge is 0.272 e. The van der Waals surface area contributed by atoms with Gasteiger partial charge in [-0.2, -0.15) is 0 Å². The number of nitro groups is 3. The molecule has 1 N–H and O–H groups in total. The Morgan fingerprint density at radius 3 is 1.55 bits per heavy atom. The van der Waals surface area contributed by atoms with Crippen LogP contribution in [0.25, 0.3) is 0 Å². The van der Waals surface area contributed by atoms with E-state index in [1.54, 1.807) is 18.2 Å². The molecule has 0 saturated heterocycles. The van der Waals surface area contributed by atoms with Gasteiger partial charge in [-0.3, -0.25) is 30.3 Å². The molecule has 10 heteroatoms. The largest absolute Gasteiger partial charge is 0.380 e. The predicted molar refractivity (Wildman–Crippen MR) is 111 cm³/mol. The van der Waals surface area contributed by atoms with Gasteiger partial charge in [0.2, 0.25) is 0 Å². The van der Waals surface area contributed by atoms with Crippen LogP contribution in [0.5, 0.6) is 0 Å². The molecule has 0 aliphatic heterocycles. The Hall–Kier alpha value is -4.18. The SMILES string of the molecule is O=[N+]([O-])c1ccc(C(O)(CCc2ccccc2[N+](=O)[O-])c2ccc([N+](=O)[O-])cc2)cc1.